The second-order valence-electron chi connectivity index (χ2n) is 10.5. The number of allylic oxidation sites excluding steroid dienone is 6. The molecule has 3 rings (SSSR count). The molecule has 5 nitrogen and oxygen atoms in total. The molecule has 0 radical (unpaired) electrons. The molecular weight excluding hydrogens is 522 g/mol. The molecule has 0 saturated heterocycles. The quantitative estimate of drug-likeness (QED) is 0.136. The molecule has 1 N–H and O–H groups in total. The van der Waals surface area contributed by atoms with E-state index in [2.05, 4.69) is 50.9 Å². The molecule has 0 bridgehead atoms. The first kappa shape index (κ1) is 31.0. The molecule has 1 aromatic heterocycles. The summed E-state index contributed by atoms with van der Waals surface area (Å²) in [4.78, 5) is 29.7. The van der Waals surface area contributed by atoms with Crippen molar-refractivity contribution >= 4 is 34.4 Å². The van der Waals surface area contributed by atoms with Crippen LogP contribution in [0.5, 0.6) is 5.75 Å². The number of aromatic amines is 1. The van der Waals surface area contributed by atoms with Crippen molar-refractivity contribution in [2.75, 3.05) is 7.11 Å². The van der Waals surface area contributed by atoms with Gasteiger partial charge in [0.25, 0.3) is 0 Å². The number of aromatic nitrogens is 1. The largest absolute Gasteiger partial charge is 0.497 e. The van der Waals surface area contributed by atoms with Gasteiger partial charge in [-0.3, -0.25) is 4.79 Å². The van der Waals surface area contributed by atoms with E-state index in [1.54, 1.807) is 31.4 Å². The Labute approximate surface area is 242 Å². The van der Waals surface area contributed by atoms with E-state index >= 15 is 0 Å². The molecule has 0 spiro atoms. The highest BCUT2D eigenvalue weighted by Gasteiger charge is 2.29. The van der Waals surface area contributed by atoms with E-state index in [1.807, 2.05) is 25.1 Å². The van der Waals surface area contributed by atoms with Crippen molar-refractivity contribution in [3.8, 4) is 5.75 Å². The summed E-state index contributed by atoms with van der Waals surface area (Å²) in [6, 6.07) is 12.0. The number of fused-ring (bicyclic) bond motifs is 1. The van der Waals surface area contributed by atoms with E-state index in [1.165, 1.54) is 16.7 Å². The number of esters is 2. The van der Waals surface area contributed by atoms with Gasteiger partial charge in [-0.15, -0.1) is 0 Å². The second-order valence-corrected chi connectivity index (χ2v) is 11.0. The third-order valence-corrected chi connectivity index (χ3v) is 7.23. The maximum Gasteiger partial charge on any atom is 0.345 e. The highest BCUT2D eigenvalue weighted by Crippen LogP contribution is 2.35. The Morgan fingerprint density at radius 3 is 2.23 bits per heavy atom. The minimum atomic E-state index is -0.698. The second kappa shape index (κ2) is 14.7. The highest BCUT2D eigenvalue weighted by atomic mass is 35.5. The summed E-state index contributed by atoms with van der Waals surface area (Å²) in [6.07, 6.45) is 11.0. The number of methoxy groups -OCH3 is 1. The molecule has 0 saturated carbocycles. The average molecular weight is 562 g/mol. The van der Waals surface area contributed by atoms with Crippen LogP contribution in [0.1, 0.15) is 87.3 Å². The fourth-order valence-electron chi connectivity index (χ4n) is 4.70. The van der Waals surface area contributed by atoms with Crippen LogP contribution in [-0.4, -0.2) is 24.0 Å². The fraction of sp³-hybridized carbons (Fsp3) is 0.353. The van der Waals surface area contributed by atoms with Crippen LogP contribution in [0, 0.1) is 6.92 Å². The smallest absolute Gasteiger partial charge is 0.345 e. The molecule has 0 aliphatic carbocycles. The molecule has 212 valence electrons. The van der Waals surface area contributed by atoms with Gasteiger partial charge in [-0.2, -0.15) is 0 Å². The van der Waals surface area contributed by atoms with Gasteiger partial charge in [0.2, 0.25) is 0 Å². The average Bonchev–Trinajstić information content (AvgIpc) is 3.23. The molecule has 0 fully saturated rings. The molecule has 0 amide bonds. The number of hydrogen-bond acceptors (Lipinski definition) is 4. The Morgan fingerprint density at radius 2 is 1.57 bits per heavy atom. The van der Waals surface area contributed by atoms with Gasteiger partial charge in [0.15, 0.2) is 0 Å². The van der Waals surface area contributed by atoms with E-state index in [4.69, 9.17) is 21.1 Å². The van der Waals surface area contributed by atoms with Crippen LogP contribution < -0.4 is 4.74 Å². The number of halogens is 1. The lowest BCUT2D eigenvalue weighted by Gasteiger charge is -2.16. The lowest BCUT2D eigenvalue weighted by molar-refractivity contribution is -0.139. The summed E-state index contributed by atoms with van der Waals surface area (Å²) < 4.78 is 10.9. The Kier molecular flexibility index (Phi) is 11.4. The molecular formula is C34H40ClNO4. The molecule has 40 heavy (non-hydrogen) atoms. The molecule has 1 atom stereocenters. The minimum Gasteiger partial charge on any atom is -0.497 e. The van der Waals surface area contributed by atoms with Crippen molar-refractivity contribution in [2.45, 2.75) is 72.6 Å². The van der Waals surface area contributed by atoms with Crippen LogP contribution in [0.2, 0.25) is 5.02 Å². The van der Waals surface area contributed by atoms with Gasteiger partial charge in [0.05, 0.1) is 18.6 Å². The van der Waals surface area contributed by atoms with E-state index < -0.39 is 17.9 Å². The summed E-state index contributed by atoms with van der Waals surface area (Å²) in [6.45, 7) is 10.4. The topological polar surface area (TPSA) is 68.4 Å². The van der Waals surface area contributed by atoms with Crippen LogP contribution in [-0.2, 0) is 9.53 Å². The van der Waals surface area contributed by atoms with Gasteiger partial charge in [0, 0.05) is 21.6 Å². The number of rotatable bonds is 12. The molecule has 2 aromatic carbocycles. The van der Waals surface area contributed by atoms with E-state index in [-0.39, 0.29) is 5.56 Å². The van der Waals surface area contributed by atoms with Crippen LogP contribution in [0.25, 0.3) is 10.9 Å². The van der Waals surface area contributed by atoms with Crippen molar-refractivity contribution in [3.63, 3.8) is 0 Å². The van der Waals surface area contributed by atoms with Crippen LogP contribution in [0.15, 0.2) is 77.4 Å². The number of nitrogens with one attached hydrogen (secondary N) is 1. The third-order valence-electron chi connectivity index (χ3n) is 6.97. The van der Waals surface area contributed by atoms with E-state index in [0.717, 1.165) is 47.8 Å². The lowest BCUT2D eigenvalue weighted by atomic mass is 9.91. The Morgan fingerprint density at radius 1 is 0.925 bits per heavy atom. The number of aryl methyl sites for hydroxylation is 1. The number of carbonyl (C=O) groups is 2. The first-order valence-electron chi connectivity index (χ1n) is 13.7. The zero-order valence-corrected chi connectivity index (χ0v) is 25.2. The first-order chi connectivity index (χ1) is 19.1. The van der Waals surface area contributed by atoms with Crippen molar-refractivity contribution in [2.24, 2.45) is 0 Å². The van der Waals surface area contributed by atoms with Gasteiger partial charge < -0.3 is 14.5 Å². The fourth-order valence-corrected chi connectivity index (χ4v) is 4.83. The number of ether oxygens (including phenoxy) is 2. The van der Waals surface area contributed by atoms with Gasteiger partial charge in [-0.05, 0) is 115 Å². The number of H-pyrrole nitrogens is 1. The van der Waals surface area contributed by atoms with Crippen molar-refractivity contribution in [3.05, 3.63) is 99.3 Å². The highest BCUT2D eigenvalue weighted by molar-refractivity contribution is 6.30. The number of hydrogen-bond donors (Lipinski definition) is 1. The zero-order chi connectivity index (χ0) is 29.2. The molecule has 6 heteroatoms. The summed E-state index contributed by atoms with van der Waals surface area (Å²) in [5.74, 6) is -1.27. The predicted molar refractivity (Wildman–Crippen MR) is 164 cm³/mol. The molecule has 0 aliphatic rings. The van der Waals surface area contributed by atoms with Crippen molar-refractivity contribution in [1.82, 2.24) is 4.98 Å². The molecule has 1 unspecified atom stereocenters. The summed E-state index contributed by atoms with van der Waals surface area (Å²) in [5.41, 5.74) is 6.74. The third kappa shape index (κ3) is 8.72. The Balaban J connectivity index is 1.83. The molecule has 1 heterocycles. The summed E-state index contributed by atoms with van der Waals surface area (Å²) in [5, 5.41) is 1.38. The molecule has 0 aliphatic heterocycles. The normalized spacial score (nSPS) is 12.8. The van der Waals surface area contributed by atoms with Gasteiger partial charge >= 0.3 is 11.9 Å². The summed E-state index contributed by atoms with van der Waals surface area (Å²) >= 11 is 5.95. The SMILES string of the molecule is COc1ccc2[nH]c(C)c(C(CC=C(C)CCC=C(C)CCC=C(C)C)C(=O)OC(=O)c3ccc(Cl)cc3)c2c1. The first-order valence-corrected chi connectivity index (χ1v) is 14.1. The van der Waals surface area contributed by atoms with Gasteiger partial charge in [0.1, 0.15) is 5.75 Å². The monoisotopic (exact) mass is 561 g/mol. The van der Waals surface area contributed by atoms with Crippen LogP contribution >= 0.6 is 11.6 Å². The Bertz CT molecular complexity index is 1420. The van der Waals surface area contributed by atoms with E-state index in [0.29, 0.717) is 17.2 Å². The lowest BCUT2D eigenvalue weighted by Crippen LogP contribution is -2.20. The maximum atomic E-state index is 13.5. The van der Waals surface area contributed by atoms with Crippen molar-refractivity contribution in [1.29, 1.82) is 0 Å². The summed E-state index contributed by atoms with van der Waals surface area (Å²) in [7, 11) is 1.61. The molecule has 3 aromatic rings. The van der Waals surface area contributed by atoms with Crippen LogP contribution in [0.4, 0.5) is 0 Å². The Hall–Kier alpha value is -3.57. The number of benzene rings is 2. The maximum absolute atomic E-state index is 13.5. The van der Waals surface area contributed by atoms with Crippen LogP contribution in [0.3, 0.4) is 0 Å². The van der Waals surface area contributed by atoms with Crippen molar-refractivity contribution < 1.29 is 19.1 Å². The van der Waals surface area contributed by atoms with Gasteiger partial charge in [-0.25, -0.2) is 4.79 Å². The number of carbonyl (C=O) groups excluding carboxylic acids is 2. The minimum absolute atomic E-state index is 0.271. The zero-order valence-electron chi connectivity index (χ0n) is 24.4. The predicted octanol–water partition coefficient (Wildman–Crippen LogP) is 9.41. The van der Waals surface area contributed by atoms with Gasteiger partial charge in [-0.1, -0.05) is 46.5 Å². The standard InChI is InChI=1S/C34H40ClNO4/c1-22(2)9-7-10-23(3)11-8-12-24(4)13-19-29(34(38)40-33(37)26-14-16-27(35)17-15-26)32-25(5)36-31-20-18-28(39-6)21-30(31)32/h9,11,13-18,20-21,29,36H,7-8,10,12,19H2,1-6H3. The van der Waals surface area contributed by atoms with E-state index in [9.17, 15) is 9.59 Å².